The molecule has 0 saturated heterocycles. The summed E-state index contributed by atoms with van der Waals surface area (Å²) >= 11 is 1.69. The summed E-state index contributed by atoms with van der Waals surface area (Å²) in [6.07, 6.45) is 3.16. The number of thiazole rings is 1. The normalized spacial score (nSPS) is 15.8. The summed E-state index contributed by atoms with van der Waals surface area (Å²) in [5.74, 6) is 0. The molecule has 1 rings (SSSR count). The highest BCUT2D eigenvalue weighted by atomic mass is 32.1. The van der Waals surface area contributed by atoms with Crippen molar-refractivity contribution in [2.75, 3.05) is 6.61 Å². The standard InChI is InChI=1S/C22H43NO2SSi2/c1-17(15-19-16-26-18(2)23-19)20(25-28(11,12)22(6,7)8)13-14-24-27(9,10)21(3,4)5/h15-16,20H,13-14H2,1-12H3/t20-/m0/s1. The first-order chi connectivity index (χ1) is 12.5. The van der Waals surface area contributed by atoms with Crippen molar-refractivity contribution < 1.29 is 8.85 Å². The average molecular weight is 442 g/mol. The van der Waals surface area contributed by atoms with Gasteiger partial charge in [0.25, 0.3) is 0 Å². The van der Waals surface area contributed by atoms with Crippen LogP contribution >= 0.6 is 11.3 Å². The van der Waals surface area contributed by atoms with E-state index in [1.54, 1.807) is 11.3 Å². The Balaban J connectivity index is 3.00. The van der Waals surface area contributed by atoms with Crippen molar-refractivity contribution in [1.82, 2.24) is 4.98 Å². The largest absolute Gasteiger partial charge is 0.417 e. The Kier molecular flexibility index (Phi) is 8.51. The number of rotatable bonds is 8. The van der Waals surface area contributed by atoms with E-state index in [1.807, 2.05) is 6.92 Å². The van der Waals surface area contributed by atoms with E-state index in [4.69, 9.17) is 8.85 Å². The molecule has 0 radical (unpaired) electrons. The van der Waals surface area contributed by atoms with Crippen LogP contribution in [0.3, 0.4) is 0 Å². The molecule has 0 N–H and O–H groups in total. The smallest absolute Gasteiger partial charge is 0.192 e. The number of hydrogen-bond donors (Lipinski definition) is 0. The maximum absolute atomic E-state index is 6.83. The number of aryl methyl sites for hydroxylation is 1. The van der Waals surface area contributed by atoms with Crippen LogP contribution in [0.4, 0.5) is 0 Å². The van der Waals surface area contributed by atoms with E-state index in [1.165, 1.54) is 5.57 Å². The third kappa shape index (κ3) is 7.20. The van der Waals surface area contributed by atoms with Gasteiger partial charge in [-0.25, -0.2) is 4.98 Å². The van der Waals surface area contributed by atoms with Crippen molar-refractivity contribution in [2.24, 2.45) is 0 Å². The molecule has 1 aromatic rings. The van der Waals surface area contributed by atoms with E-state index in [0.717, 1.165) is 23.7 Å². The fourth-order valence-electron chi connectivity index (χ4n) is 2.32. The van der Waals surface area contributed by atoms with Gasteiger partial charge in [0, 0.05) is 12.0 Å². The van der Waals surface area contributed by atoms with E-state index in [2.05, 4.69) is 91.1 Å². The van der Waals surface area contributed by atoms with E-state index in [-0.39, 0.29) is 16.2 Å². The second kappa shape index (κ2) is 9.25. The van der Waals surface area contributed by atoms with Crippen LogP contribution in [0.5, 0.6) is 0 Å². The first-order valence-electron chi connectivity index (χ1n) is 10.4. The van der Waals surface area contributed by atoms with Crippen molar-refractivity contribution >= 4 is 34.0 Å². The van der Waals surface area contributed by atoms with Crippen LogP contribution in [-0.2, 0) is 8.85 Å². The highest BCUT2D eigenvalue weighted by Crippen LogP contribution is 2.39. The van der Waals surface area contributed by atoms with Gasteiger partial charge in [0.05, 0.1) is 16.8 Å². The molecule has 0 aliphatic rings. The maximum atomic E-state index is 6.83. The molecule has 162 valence electrons. The molecule has 1 heterocycles. The van der Waals surface area contributed by atoms with Crippen LogP contribution in [0.2, 0.25) is 36.3 Å². The van der Waals surface area contributed by atoms with Crippen molar-refractivity contribution in [3.63, 3.8) is 0 Å². The summed E-state index contributed by atoms with van der Waals surface area (Å²) < 4.78 is 13.3. The predicted octanol–water partition coefficient (Wildman–Crippen LogP) is 7.66. The Morgan fingerprint density at radius 2 is 1.61 bits per heavy atom. The molecule has 6 heteroatoms. The van der Waals surface area contributed by atoms with E-state index in [9.17, 15) is 0 Å². The maximum Gasteiger partial charge on any atom is 0.192 e. The van der Waals surface area contributed by atoms with Gasteiger partial charge < -0.3 is 8.85 Å². The second-order valence-corrected chi connectivity index (χ2v) is 21.6. The van der Waals surface area contributed by atoms with Gasteiger partial charge >= 0.3 is 0 Å². The van der Waals surface area contributed by atoms with Gasteiger partial charge in [-0.2, -0.15) is 0 Å². The summed E-state index contributed by atoms with van der Waals surface area (Å²) in [6.45, 7) is 28.0. The van der Waals surface area contributed by atoms with Crippen LogP contribution in [0.25, 0.3) is 6.08 Å². The average Bonchev–Trinajstić information content (AvgIpc) is 2.88. The monoisotopic (exact) mass is 441 g/mol. The molecule has 0 aromatic carbocycles. The van der Waals surface area contributed by atoms with E-state index < -0.39 is 16.6 Å². The van der Waals surface area contributed by atoms with Crippen LogP contribution in [0.1, 0.15) is 65.6 Å². The van der Waals surface area contributed by atoms with Gasteiger partial charge in [-0.05, 0) is 68.2 Å². The fourth-order valence-corrected chi connectivity index (χ4v) is 5.32. The molecular weight excluding hydrogens is 398 g/mol. The first kappa shape index (κ1) is 25.8. The molecule has 0 amide bonds. The Morgan fingerprint density at radius 1 is 1.07 bits per heavy atom. The molecule has 28 heavy (non-hydrogen) atoms. The highest BCUT2D eigenvalue weighted by molar-refractivity contribution is 7.09. The third-order valence-electron chi connectivity index (χ3n) is 6.41. The van der Waals surface area contributed by atoms with Gasteiger partial charge in [-0.15, -0.1) is 11.3 Å². The lowest BCUT2D eigenvalue weighted by atomic mass is 10.1. The first-order valence-corrected chi connectivity index (χ1v) is 17.1. The molecule has 0 aliphatic carbocycles. The SMILES string of the molecule is CC(=Cc1csc(C)n1)[C@H](CCO[Si](C)(C)C(C)(C)C)O[Si](C)(C)C(C)(C)C. The fraction of sp³-hybridized carbons (Fsp3) is 0.773. The molecule has 0 spiro atoms. The van der Waals surface area contributed by atoms with Gasteiger partial charge in [-0.3, -0.25) is 0 Å². The molecule has 0 bridgehead atoms. The number of aromatic nitrogens is 1. The van der Waals surface area contributed by atoms with Crippen molar-refractivity contribution in [1.29, 1.82) is 0 Å². The third-order valence-corrected chi connectivity index (χ3v) is 16.2. The summed E-state index contributed by atoms with van der Waals surface area (Å²) in [5.41, 5.74) is 2.28. The molecule has 0 aliphatic heterocycles. The summed E-state index contributed by atoms with van der Waals surface area (Å²) in [4.78, 5) is 4.60. The van der Waals surface area contributed by atoms with Crippen LogP contribution in [-0.4, -0.2) is 34.3 Å². The lowest BCUT2D eigenvalue weighted by molar-refractivity contribution is 0.168. The Labute approximate surface area is 180 Å². The van der Waals surface area contributed by atoms with Crippen LogP contribution < -0.4 is 0 Å². The number of nitrogens with zero attached hydrogens (tertiary/aromatic N) is 1. The van der Waals surface area contributed by atoms with Crippen molar-refractivity contribution in [2.45, 2.75) is 104 Å². The summed E-state index contributed by atoms with van der Waals surface area (Å²) in [5, 5.41) is 3.63. The lowest BCUT2D eigenvalue weighted by Gasteiger charge is -2.40. The molecule has 0 unspecified atom stereocenters. The highest BCUT2D eigenvalue weighted by Gasteiger charge is 2.40. The zero-order valence-corrected chi connectivity index (χ0v) is 23.1. The van der Waals surface area contributed by atoms with Gasteiger partial charge in [0.2, 0.25) is 0 Å². The quantitative estimate of drug-likeness (QED) is 0.388. The van der Waals surface area contributed by atoms with Gasteiger partial charge in [-0.1, -0.05) is 41.5 Å². The molecule has 0 fully saturated rings. The van der Waals surface area contributed by atoms with Crippen molar-refractivity contribution in [3.05, 3.63) is 21.7 Å². The van der Waals surface area contributed by atoms with Crippen LogP contribution in [0.15, 0.2) is 11.0 Å². The zero-order chi connectivity index (χ0) is 22.0. The predicted molar refractivity (Wildman–Crippen MR) is 130 cm³/mol. The Hall–Kier alpha value is -0.276. The zero-order valence-electron chi connectivity index (χ0n) is 20.3. The molecule has 1 atom stereocenters. The minimum Gasteiger partial charge on any atom is -0.417 e. The van der Waals surface area contributed by atoms with E-state index in [0.29, 0.717) is 0 Å². The van der Waals surface area contributed by atoms with Crippen molar-refractivity contribution in [3.8, 4) is 0 Å². The topological polar surface area (TPSA) is 31.4 Å². The lowest BCUT2D eigenvalue weighted by Crippen LogP contribution is -2.45. The van der Waals surface area contributed by atoms with Gasteiger partial charge in [0.1, 0.15) is 0 Å². The second-order valence-electron chi connectivity index (χ2n) is 10.9. The van der Waals surface area contributed by atoms with Crippen LogP contribution in [0, 0.1) is 6.92 Å². The van der Waals surface area contributed by atoms with E-state index >= 15 is 0 Å². The minimum absolute atomic E-state index is 0.0765. The molecular formula is C22H43NO2SSi2. The summed E-state index contributed by atoms with van der Waals surface area (Å²) in [6, 6.07) is 0. The number of hydrogen-bond acceptors (Lipinski definition) is 4. The molecule has 1 aromatic heterocycles. The van der Waals surface area contributed by atoms with Gasteiger partial charge in [0.15, 0.2) is 16.6 Å². The summed E-state index contributed by atoms with van der Waals surface area (Å²) in [7, 11) is -3.63. The molecule has 0 saturated carbocycles. The molecule has 3 nitrogen and oxygen atoms in total. The Bertz CT molecular complexity index is 667. The Morgan fingerprint density at radius 3 is 2.04 bits per heavy atom. The minimum atomic E-state index is -1.88.